The van der Waals surface area contributed by atoms with Crippen LogP contribution in [0.4, 0.5) is 0 Å². The van der Waals surface area contributed by atoms with E-state index in [1.54, 1.807) is 44.6 Å². The van der Waals surface area contributed by atoms with Gasteiger partial charge in [0.25, 0.3) is 5.91 Å². The van der Waals surface area contributed by atoms with Crippen LogP contribution in [-0.4, -0.2) is 26.7 Å². The number of amides is 1. The molecule has 0 unspecified atom stereocenters. The van der Waals surface area contributed by atoms with Gasteiger partial charge in [0, 0.05) is 6.54 Å². The van der Waals surface area contributed by atoms with Crippen molar-refractivity contribution in [1.29, 1.82) is 0 Å². The molecule has 0 atom stereocenters. The second kappa shape index (κ2) is 10.3. The predicted octanol–water partition coefficient (Wildman–Crippen LogP) is 5.16. The number of methoxy groups -OCH3 is 2. The molecule has 0 saturated carbocycles. The molecule has 2 aromatic carbocycles. The van der Waals surface area contributed by atoms with Crippen molar-refractivity contribution in [3.05, 3.63) is 75.7 Å². The van der Waals surface area contributed by atoms with E-state index in [9.17, 15) is 4.79 Å². The van der Waals surface area contributed by atoms with Gasteiger partial charge in [-0.25, -0.2) is 0 Å². The number of carbonyl (C=O) groups excluding carboxylic acids is 1. The molecular weight excluding hydrogens is 429 g/mol. The summed E-state index contributed by atoms with van der Waals surface area (Å²) in [5, 5.41) is 3.57. The van der Waals surface area contributed by atoms with Crippen LogP contribution >= 0.6 is 23.2 Å². The Bertz CT molecular complexity index is 1020. The lowest BCUT2D eigenvalue weighted by atomic mass is 10.1. The lowest BCUT2D eigenvalue weighted by molar-refractivity contribution is 0.0922. The molecule has 1 N–H and O–H groups in total. The number of halogens is 2. The van der Waals surface area contributed by atoms with Crippen molar-refractivity contribution in [2.24, 2.45) is 0 Å². The summed E-state index contributed by atoms with van der Waals surface area (Å²) in [6.07, 6.45) is 0.635. The molecule has 0 aliphatic carbocycles. The van der Waals surface area contributed by atoms with Gasteiger partial charge in [0.2, 0.25) is 0 Å². The molecule has 1 amide bonds. The number of rotatable bonds is 9. The van der Waals surface area contributed by atoms with E-state index in [4.69, 9.17) is 41.8 Å². The molecule has 0 spiro atoms. The highest BCUT2D eigenvalue weighted by Gasteiger charge is 2.13. The summed E-state index contributed by atoms with van der Waals surface area (Å²) in [4.78, 5) is 12.3. The van der Waals surface area contributed by atoms with Gasteiger partial charge in [-0.05, 0) is 48.4 Å². The number of carbonyl (C=O) groups is 1. The first kappa shape index (κ1) is 21.9. The molecule has 6 nitrogen and oxygen atoms in total. The van der Waals surface area contributed by atoms with Gasteiger partial charge < -0.3 is 23.9 Å². The molecule has 8 heteroatoms. The Morgan fingerprint density at radius 1 is 1.00 bits per heavy atom. The Morgan fingerprint density at radius 2 is 1.80 bits per heavy atom. The number of nitrogens with one attached hydrogen (secondary N) is 1. The second-order valence-electron chi connectivity index (χ2n) is 6.30. The molecule has 0 fully saturated rings. The minimum Gasteiger partial charge on any atom is -0.493 e. The summed E-state index contributed by atoms with van der Waals surface area (Å²) in [6.45, 7) is 0.567. The normalized spacial score (nSPS) is 10.5. The van der Waals surface area contributed by atoms with Crippen LogP contribution in [0.25, 0.3) is 0 Å². The number of furan rings is 1. The molecule has 30 heavy (non-hydrogen) atoms. The second-order valence-corrected chi connectivity index (χ2v) is 7.09. The molecule has 0 saturated heterocycles. The first-order valence-corrected chi connectivity index (χ1v) is 9.92. The third-order valence-corrected chi connectivity index (χ3v) is 5.12. The van der Waals surface area contributed by atoms with Gasteiger partial charge in [0.1, 0.15) is 23.1 Å². The minimum atomic E-state index is -0.303. The fraction of sp³-hybridized carbons (Fsp3) is 0.227. The summed E-state index contributed by atoms with van der Waals surface area (Å²) in [7, 11) is 3.17. The average molecular weight is 450 g/mol. The van der Waals surface area contributed by atoms with Crippen LogP contribution in [0.5, 0.6) is 17.2 Å². The number of hydrogen-bond donors (Lipinski definition) is 1. The summed E-state index contributed by atoms with van der Waals surface area (Å²) < 4.78 is 21.7. The first-order chi connectivity index (χ1) is 14.5. The highest BCUT2D eigenvalue weighted by Crippen LogP contribution is 2.32. The monoisotopic (exact) mass is 449 g/mol. The van der Waals surface area contributed by atoms with E-state index in [1.165, 1.54) is 0 Å². The van der Waals surface area contributed by atoms with Crippen LogP contribution in [-0.2, 0) is 13.0 Å². The summed E-state index contributed by atoms with van der Waals surface area (Å²) in [5.74, 6) is 2.16. The van der Waals surface area contributed by atoms with E-state index in [-0.39, 0.29) is 18.3 Å². The van der Waals surface area contributed by atoms with Crippen molar-refractivity contribution in [2.75, 3.05) is 20.8 Å². The van der Waals surface area contributed by atoms with Gasteiger partial charge in [-0.15, -0.1) is 0 Å². The maximum Gasteiger partial charge on any atom is 0.287 e. The van der Waals surface area contributed by atoms with E-state index in [0.717, 1.165) is 5.56 Å². The molecule has 3 rings (SSSR count). The Kier molecular flexibility index (Phi) is 7.49. The van der Waals surface area contributed by atoms with E-state index >= 15 is 0 Å². The van der Waals surface area contributed by atoms with Crippen LogP contribution < -0.4 is 19.5 Å². The van der Waals surface area contributed by atoms with Gasteiger partial charge in [0.15, 0.2) is 17.3 Å². The summed E-state index contributed by atoms with van der Waals surface area (Å²) in [6, 6.07) is 14.0. The van der Waals surface area contributed by atoms with Crippen molar-refractivity contribution in [3.63, 3.8) is 0 Å². The summed E-state index contributed by atoms with van der Waals surface area (Å²) in [5.41, 5.74) is 1.01. The van der Waals surface area contributed by atoms with Crippen LogP contribution in [0.1, 0.15) is 21.9 Å². The molecule has 0 aliphatic rings. The summed E-state index contributed by atoms with van der Waals surface area (Å²) >= 11 is 12.1. The van der Waals surface area contributed by atoms with E-state index in [1.807, 2.05) is 18.2 Å². The molecule has 1 aromatic heterocycles. The van der Waals surface area contributed by atoms with Crippen LogP contribution in [0.2, 0.25) is 10.0 Å². The van der Waals surface area contributed by atoms with Gasteiger partial charge in [-0.2, -0.15) is 0 Å². The van der Waals surface area contributed by atoms with Crippen molar-refractivity contribution < 1.29 is 23.4 Å². The quantitative estimate of drug-likeness (QED) is 0.488. The standard InChI is InChI=1S/C22H21Cl2NO5/c1-27-17-8-6-14(12-20(17)28-2)10-11-25-22(26)19-9-7-15(30-19)13-29-18-5-3-4-16(23)21(18)24/h3-9,12H,10-11,13H2,1-2H3,(H,25,26). The van der Waals surface area contributed by atoms with Crippen molar-refractivity contribution in [1.82, 2.24) is 5.32 Å². The van der Waals surface area contributed by atoms with Crippen LogP contribution in [0.3, 0.4) is 0 Å². The Balaban J connectivity index is 1.51. The molecule has 0 bridgehead atoms. The lowest BCUT2D eigenvalue weighted by Gasteiger charge is -2.10. The predicted molar refractivity (Wildman–Crippen MR) is 115 cm³/mol. The maximum absolute atomic E-state index is 12.3. The molecular formula is C22H21Cl2NO5. The zero-order valence-electron chi connectivity index (χ0n) is 16.5. The molecule has 1 heterocycles. The average Bonchev–Trinajstić information content (AvgIpc) is 3.23. The highest BCUT2D eigenvalue weighted by molar-refractivity contribution is 6.42. The molecule has 3 aromatic rings. The zero-order chi connectivity index (χ0) is 21.5. The minimum absolute atomic E-state index is 0.124. The zero-order valence-corrected chi connectivity index (χ0v) is 18.0. The van der Waals surface area contributed by atoms with Crippen molar-refractivity contribution in [2.45, 2.75) is 13.0 Å². The Morgan fingerprint density at radius 3 is 2.57 bits per heavy atom. The topological polar surface area (TPSA) is 69.9 Å². The lowest BCUT2D eigenvalue weighted by Crippen LogP contribution is -2.25. The Hall–Kier alpha value is -2.83. The van der Waals surface area contributed by atoms with E-state index in [2.05, 4.69) is 5.32 Å². The van der Waals surface area contributed by atoms with Crippen LogP contribution in [0, 0.1) is 0 Å². The van der Waals surface area contributed by atoms with E-state index < -0.39 is 0 Å². The van der Waals surface area contributed by atoms with Crippen molar-refractivity contribution in [3.8, 4) is 17.2 Å². The molecule has 0 aliphatic heterocycles. The number of ether oxygens (including phenoxy) is 3. The SMILES string of the molecule is COc1ccc(CCNC(=O)c2ccc(COc3cccc(Cl)c3Cl)o2)cc1OC. The highest BCUT2D eigenvalue weighted by atomic mass is 35.5. The Labute approximate surface area is 184 Å². The number of benzene rings is 2. The fourth-order valence-corrected chi connectivity index (χ4v) is 3.11. The largest absolute Gasteiger partial charge is 0.493 e. The smallest absolute Gasteiger partial charge is 0.287 e. The third-order valence-electron chi connectivity index (χ3n) is 4.32. The fourth-order valence-electron chi connectivity index (χ4n) is 2.77. The van der Waals surface area contributed by atoms with Gasteiger partial charge in [0.05, 0.1) is 19.2 Å². The van der Waals surface area contributed by atoms with Crippen molar-refractivity contribution >= 4 is 29.1 Å². The van der Waals surface area contributed by atoms with Gasteiger partial charge >= 0.3 is 0 Å². The number of hydrogen-bond acceptors (Lipinski definition) is 5. The van der Waals surface area contributed by atoms with Crippen LogP contribution in [0.15, 0.2) is 52.9 Å². The van der Waals surface area contributed by atoms with E-state index in [0.29, 0.717) is 46.0 Å². The van der Waals surface area contributed by atoms with Gasteiger partial charge in [-0.3, -0.25) is 4.79 Å². The maximum atomic E-state index is 12.3. The molecule has 158 valence electrons. The van der Waals surface area contributed by atoms with Gasteiger partial charge in [-0.1, -0.05) is 35.3 Å². The first-order valence-electron chi connectivity index (χ1n) is 9.16. The molecule has 0 radical (unpaired) electrons. The third kappa shape index (κ3) is 5.40.